The molecule has 17 heavy (non-hydrogen) atoms. The second-order valence-corrected chi connectivity index (χ2v) is 5.46. The average molecular weight is 257 g/mol. The fraction of sp³-hybridized carbons (Fsp3) is 0.818. The van der Waals surface area contributed by atoms with Crippen molar-refractivity contribution in [3.63, 3.8) is 0 Å². The van der Waals surface area contributed by atoms with Crippen LogP contribution < -0.4 is 10.6 Å². The molecular weight excluding hydrogens is 238 g/mol. The fourth-order valence-corrected chi connectivity index (χ4v) is 2.86. The summed E-state index contributed by atoms with van der Waals surface area (Å²) in [4.78, 5) is 25.4. The first-order valence-electron chi connectivity index (χ1n) is 6.07. The summed E-state index contributed by atoms with van der Waals surface area (Å²) >= 11 is 1.70. The summed E-state index contributed by atoms with van der Waals surface area (Å²) < 4.78 is 0. The van der Waals surface area contributed by atoms with Gasteiger partial charge in [0, 0.05) is 6.04 Å². The molecule has 3 amide bonds. The molecule has 6 heteroatoms. The van der Waals surface area contributed by atoms with Gasteiger partial charge in [-0.15, -0.1) is 0 Å². The number of imide groups is 1. The van der Waals surface area contributed by atoms with Crippen LogP contribution in [0.2, 0.25) is 0 Å². The van der Waals surface area contributed by atoms with E-state index < -0.39 is 0 Å². The van der Waals surface area contributed by atoms with Crippen molar-refractivity contribution in [2.75, 3.05) is 25.1 Å². The van der Waals surface area contributed by atoms with Crippen LogP contribution in [0.4, 0.5) is 4.79 Å². The quantitative estimate of drug-likeness (QED) is 0.716. The van der Waals surface area contributed by atoms with E-state index >= 15 is 0 Å². The Kier molecular flexibility index (Phi) is 4.28. The second-order valence-electron chi connectivity index (χ2n) is 4.47. The molecule has 1 unspecified atom stereocenters. The van der Waals surface area contributed by atoms with Crippen molar-refractivity contribution in [3.8, 4) is 0 Å². The van der Waals surface area contributed by atoms with E-state index in [-0.39, 0.29) is 24.0 Å². The SMILES string of the molecule is CSCCC1NC(=O)N(C2CCNCC2)C1=O. The molecular formula is C11H19N3O2S. The van der Waals surface area contributed by atoms with Crippen LogP contribution >= 0.6 is 11.8 Å². The maximum absolute atomic E-state index is 12.1. The second kappa shape index (κ2) is 5.73. The fourth-order valence-electron chi connectivity index (χ4n) is 2.39. The van der Waals surface area contributed by atoms with Gasteiger partial charge < -0.3 is 10.6 Å². The van der Waals surface area contributed by atoms with E-state index in [4.69, 9.17) is 0 Å². The van der Waals surface area contributed by atoms with Gasteiger partial charge in [-0.05, 0) is 44.4 Å². The van der Waals surface area contributed by atoms with Crippen LogP contribution in [0, 0.1) is 0 Å². The number of carbonyl (C=O) groups is 2. The standard InChI is InChI=1S/C11H19N3O2S/c1-17-7-4-9-10(15)14(11(16)13-9)8-2-5-12-6-3-8/h8-9,12H,2-7H2,1H3,(H,13,16). The van der Waals surface area contributed by atoms with Gasteiger partial charge in [-0.1, -0.05) is 0 Å². The third kappa shape index (κ3) is 2.74. The third-order valence-electron chi connectivity index (χ3n) is 3.34. The molecule has 2 saturated heterocycles. The lowest BCUT2D eigenvalue weighted by molar-refractivity contribution is -0.129. The van der Waals surface area contributed by atoms with E-state index in [1.54, 1.807) is 11.8 Å². The summed E-state index contributed by atoms with van der Waals surface area (Å²) in [5.74, 6) is 0.868. The number of carbonyl (C=O) groups excluding carboxylic acids is 2. The topological polar surface area (TPSA) is 61.4 Å². The molecule has 1 atom stereocenters. The van der Waals surface area contributed by atoms with E-state index in [1.165, 1.54) is 4.90 Å². The summed E-state index contributed by atoms with van der Waals surface area (Å²) in [5, 5.41) is 6.03. The van der Waals surface area contributed by atoms with Gasteiger partial charge in [-0.25, -0.2) is 4.79 Å². The van der Waals surface area contributed by atoms with Crippen molar-refractivity contribution in [2.24, 2.45) is 0 Å². The maximum atomic E-state index is 12.1. The van der Waals surface area contributed by atoms with Crippen molar-refractivity contribution in [2.45, 2.75) is 31.3 Å². The van der Waals surface area contributed by atoms with Crippen molar-refractivity contribution < 1.29 is 9.59 Å². The lowest BCUT2D eigenvalue weighted by atomic mass is 10.0. The molecule has 96 valence electrons. The molecule has 2 heterocycles. The van der Waals surface area contributed by atoms with E-state index in [2.05, 4.69) is 10.6 Å². The molecule has 0 spiro atoms. The number of hydrogen-bond donors (Lipinski definition) is 2. The van der Waals surface area contributed by atoms with Crippen LogP contribution in [0.3, 0.4) is 0 Å². The van der Waals surface area contributed by atoms with Crippen LogP contribution in [0.25, 0.3) is 0 Å². The number of rotatable bonds is 4. The molecule has 2 aliphatic rings. The van der Waals surface area contributed by atoms with Crippen molar-refractivity contribution >= 4 is 23.7 Å². The third-order valence-corrected chi connectivity index (χ3v) is 3.98. The zero-order valence-corrected chi connectivity index (χ0v) is 10.9. The first kappa shape index (κ1) is 12.7. The van der Waals surface area contributed by atoms with Gasteiger partial charge >= 0.3 is 6.03 Å². The number of piperidine rings is 1. The smallest absolute Gasteiger partial charge is 0.325 e. The highest BCUT2D eigenvalue weighted by Crippen LogP contribution is 2.19. The number of nitrogens with zero attached hydrogens (tertiary/aromatic N) is 1. The van der Waals surface area contributed by atoms with Gasteiger partial charge in [0.2, 0.25) is 0 Å². The van der Waals surface area contributed by atoms with Crippen LogP contribution in [0.15, 0.2) is 0 Å². The summed E-state index contributed by atoms with van der Waals surface area (Å²) in [7, 11) is 0. The number of hydrogen-bond acceptors (Lipinski definition) is 4. The van der Waals surface area contributed by atoms with E-state index in [9.17, 15) is 9.59 Å². The van der Waals surface area contributed by atoms with Gasteiger partial charge in [-0.3, -0.25) is 9.69 Å². The summed E-state index contributed by atoms with van der Waals surface area (Å²) in [6, 6.07) is -0.416. The van der Waals surface area contributed by atoms with Gasteiger partial charge in [0.25, 0.3) is 5.91 Å². The number of amides is 3. The van der Waals surface area contributed by atoms with Gasteiger partial charge in [-0.2, -0.15) is 11.8 Å². The molecule has 0 saturated carbocycles. The molecule has 0 aromatic rings. The van der Waals surface area contributed by atoms with Crippen molar-refractivity contribution in [3.05, 3.63) is 0 Å². The Morgan fingerprint density at radius 1 is 1.35 bits per heavy atom. The van der Waals surface area contributed by atoms with Gasteiger partial charge in [0.05, 0.1) is 0 Å². The van der Waals surface area contributed by atoms with Crippen LogP contribution in [0.1, 0.15) is 19.3 Å². The Balaban J connectivity index is 1.97. The first-order valence-corrected chi connectivity index (χ1v) is 7.46. The highest BCUT2D eigenvalue weighted by Gasteiger charge is 2.41. The Morgan fingerprint density at radius 2 is 2.06 bits per heavy atom. The molecule has 0 bridgehead atoms. The minimum Gasteiger partial charge on any atom is -0.326 e. The molecule has 2 rings (SSSR count). The first-order chi connectivity index (χ1) is 8.24. The zero-order valence-electron chi connectivity index (χ0n) is 10.1. The van der Waals surface area contributed by atoms with E-state index in [0.717, 1.165) is 38.1 Å². The number of nitrogens with one attached hydrogen (secondary N) is 2. The molecule has 0 aromatic heterocycles. The molecule has 2 fully saturated rings. The summed E-state index contributed by atoms with van der Waals surface area (Å²) in [6.45, 7) is 1.77. The Bertz CT molecular complexity index is 305. The molecule has 0 aliphatic carbocycles. The van der Waals surface area contributed by atoms with Crippen molar-refractivity contribution in [1.82, 2.24) is 15.5 Å². The lowest BCUT2D eigenvalue weighted by Gasteiger charge is -2.29. The predicted molar refractivity (Wildman–Crippen MR) is 68.1 cm³/mol. The van der Waals surface area contributed by atoms with E-state index in [1.807, 2.05) is 6.26 Å². The largest absolute Gasteiger partial charge is 0.326 e. The normalized spacial score (nSPS) is 26.4. The minimum atomic E-state index is -0.301. The molecule has 5 nitrogen and oxygen atoms in total. The van der Waals surface area contributed by atoms with E-state index in [0.29, 0.717) is 0 Å². The zero-order chi connectivity index (χ0) is 12.3. The van der Waals surface area contributed by atoms with Crippen LogP contribution in [-0.4, -0.2) is 54.0 Å². The Hall–Kier alpha value is -0.750. The Morgan fingerprint density at radius 3 is 2.71 bits per heavy atom. The molecule has 2 N–H and O–H groups in total. The predicted octanol–water partition coefficient (Wildman–Crippen LogP) is 0.412. The number of thioether (sulfide) groups is 1. The van der Waals surface area contributed by atoms with Crippen LogP contribution in [-0.2, 0) is 4.79 Å². The molecule has 0 radical (unpaired) electrons. The van der Waals surface area contributed by atoms with Gasteiger partial charge in [0.15, 0.2) is 0 Å². The molecule has 2 aliphatic heterocycles. The Labute approximate surface area is 106 Å². The highest BCUT2D eigenvalue weighted by atomic mass is 32.2. The lowest BCUT2D eigenvalue weighted by Crippen LogP contribution is -2.46. The van der Waals surface area contributed by atoms with Gasteiger partial charge in [0.1, 0.15) is 6.04 Å². The van der Waals surface area contributed by atoms with Crippen LogP contribution in [0.5, 0.6) is 0 Å². The number of urea groups is 1. The minimum absolute atomic E-state index is 0.0315. The monoisotopic (exact) mass is 257 g/mol. The maximum Gasteiger partial charge on any atom is 0.325 e. The summed E-state index contributed by atoms with van der Waals surface area (Å²) in [5.41, 5.74) is 0. The average Bonchev–Trinajstić information content (AvgIpc) is 2.63. The summed E-state index contributed by atoms with van der Waals surface area (Å²) in [6.07, 6.45) is 4.47. The molecule has 0 aromatic carbocycles. The highest BCUT2D eigenvalue weighted by molar-refractivity contribution is 7.98. The van der Waals surface area contributed by atoms with Crippen molar-refractivity contribution in [1.29, 1.82) is 0 Å².